The predicted octanol–water partition coefficient (Wildman–Crippen LogP) is 5.36. The minimum absolute atomic E-state index is 0.157. The standard InChI is InChI=1S/C11H6F17NO2S/c1-3-29(2)32(30,31)11(27,28)9(22,23)7(18,19)5(14,15)4(12,13)6(16,17)8(20,21)10(24,25)26/h3H,1H2,2H3. The lowest BCUT2D eigenvalue weighted by Gasteiger charge is -2.42. The van der Waals surface area contributed by atoms with Gasteiger partial charge in [0.1, 0.15) is 0 Å². The van der Waals surface area contributed by atoms with Gasteiger partial charge in [-0.15, -0.1) is 0 Å². The van der Waals surface area contributed by atoms with Crippen molar-refractivity contribution in [3.63, 3.8) is 0 Å². The molecule has 0 aromatic heterocycles. The summed E-state index contributed by atoms with van der Waals surface area (Å²) < 4.78 is 242. The van der Waals surface area contributed by atoms with Gasteiger partial charge in [0.05, 0.1) is 0 Å². The van der Waals surface area contributed by atoms with E-state index in [-0.39, 0.29) is 13.2 Å². The molecule has 0 N–H and O–H groups in total. The van der Waals surface area contributed by atoms with Crippen molar-refractivity contribution in [3.8, 4) is 0 Å². The molecule has 0 radical (unpaired) electrons. The van der Waals surface area contributed by atoms with E-state index < -0.39 is 61.3 Å². The Bertz CT molecular complexity index is 828. The molecule has 0 aromatic rings. The summed E-state index contributed by atoms with van der Waals surface area (Å²) in [6.45, 7) is 2.38. The summed E-state index contributed by atoms with van der Waals surface area (Å²) in [7, 11) is -7.42. The quantitative estimate of drug-likeness (QED) is 0.371. The largest absolute Gasteiger partial charge is 0.460 e. The molecule has 192 valence electrons. The molecule has 0 bridgehead atoms. The van der Waals surface area contributed by atoms with Crippen molar-refractivity contribution in [1.82, 2.24) is 4.31 Å². The second kappa shape index (κ2) is 7.40. The van der Waals surface area contributed by atoms with E-state index in [1.165, 1.54) is 0 Å². The molecule has 0 aliphatic carbocycles. The van der Waals surface area contributed by atoms with E-state index in [2.05, 4.69) is 6.58 Å². The Balaban J connectivity index is 7.02. The van der Waals surface area contributed by atoms with Gasteiger partial charge < -0.3 is 0 Å². The zero-order valence-corrected chi connectivity index (χ0v) is 15.2. The summed E-state index contributed by atoms with van der Waals surface area (Å²) in [5, 5.41) is -7.56. The molecule has 0 rings (SSSR count). The van der Waals surface area contributed by atoms with E-state index >= 15 is 0 Å². The van der Waals surface area contributed by atoms with E-state index in [9.17, 15) is 83.1 Å². The fourth-order valence-corrected chi connectivity index (χ4v) is 2.60. The van der Waals surface area contributed by atoms with Crippen LogP contribution in [0.25, 0.3) is 0 Å². The summed E-state index contributed by atoms with van der Waals surface area (Å²) in [5.74, 6) is -51.6. The number of hydrogen-bond donors (Lipinski definition) is 0. The molecule has 0 atom stereocenters. The van der Waals surface area contributed by atoms with Gasteiger partial charge >= 0.3 is 57.0 Å². The number of sulfonamides is 1. The second-order valence-corrected chi connectivity index (χ2v) is 7.70. The monoisotopic (exact) mass is 539 g/mol. The number of hydrogen-bond acceptors (Lipinski definition) is 2. The maximum absolute atomic E-state index is 13.5. The molecule has 0 saturated carbocycles. The van der Waals surface area contributed by atoms with Crippen LogP contribution in [0.1, 0.15) is 0 Å². The zero-order chi connectivity index (χ0) is 26.8. The highest BCUT2D eigenvalue weighted by Crippen LogP contribution is 2.64. The van der Waals surface area contributed by atoms with Crippen LogP contribution in [-0.4, -0.2) is 66.7 Å². The third-order valence-corrected chi connectivity index (χ3v) is 5.47. The Morgan fingerprint density at radius 1 is 0.562 bits per heavy atom. The first-order valence-electron chi connectivity index (χ1n) is 6.80. The van der Waals surface area contributed by atoms with Crippen molar-refractivity contribution < 1.29 is 83.1 Å². The smallest absolute Gasteiger partial charge is 0.276 e. The van der Waals surface area contributed by atoms with Crippen LogP contribution in [0.15, 0.2) is 12.8 Å². The van der Waals surface area contributed by atoms with Crippen molar-refractivity contribution in [2.75, 3.05) is 7.05 Å². The molecular weight excluding hydrogens is 533 g/mol. The van der Waals surface area contributed by atoms with E-state index in [1.54, 1.807) is 0 Å². The molecule has 0 spiro atoms. The fraction of sp³-hybridized carbons (Fsp3) is 0.818. The average molecular weight is 539 g/mol. The average Bonchev–Trinajstić information content (AvgIpc) is 2.58. The molecule has 0 heterocycles. The zero-order valence-electron chi connectivity index (χ0n) is 14.4. The van der Waals surface area contributed by atoms with Gasteiger partial charge in [-0.1, -0.05) is 6.58 Å². The Labute approximate surface area is 165 Å². The van der Waals surface area contributed by atoms with Crippen molar-refractivity contribution in [2.24, 2.45) is 0 Å². The van der Waals surface area contributed by atoms with Gasteiger partial charge in [0.15, 0.2) is 0 Å². The van der Waals surface area contributed by atoms with Gasteiger partial charge in [0.25, 0.3) is 0 Å². The van der Waals surface area contributed by atoms with E-state index in [4.69, 9.17) is 0 Å². The van der Waals surface area contributed by atoms with Crippen molar-refractivity contribution in [2.45, 2.75) is 47.0 Å². The lowest BCUT2D eigenvalue weighted by Crippen LogP contribution is -2.75. The SMILES string of the molecule is C=CN(C)S(=O)(=O)C(F)(F)C(F)(F)C(F)(F)C(F)(F)C(F)(F)C(F)(F)C(F)(F)C(F)(F)F. The van der Waals surface area contributed by atoms with E-state index in [0.29, 0.717) is 0 Å². The van der Waals surface area contributed by atoms with E-state index in [0.717, 1.165) is 0 Å². The fourth-order valence-electron chi connectivity index (χ4n) is 1.59. The van der Waals surface area contributed by atoms with Crippen LogP contribution in [-0.2, 0) is 10.0 Å². The number of halogens is 17. The lowest BCUT2D eigenvalue weighted by molar-refractivity contribution is -0.458. The molecule has 0 aliphatic rings. The molecule has 0 aliphatic heterocycles. The van der Waals surface area contributed by atoms with Gasteiger partial charge in [-0.05, 0) is 0 Å². The highest BCUT2D eigenvalue weighted by molar-refractivity contribution is 7.90. The molecule has 0 saturated heterocycles. The number of rotatable bonds is 9. The van der Waals surface area contributed by atoms with Crippen LogP contribution < -0.4 is 0 Å². The Kier molecular flexibility index (Phi) is 7.01. The van der Waals surface area contributed by atoms with Gasteiger partial charge in [-0.3, -0.25) is 4.31 Å². The second-order valence-electron chi connectivity index (χ2n) is 5.66. The van der Waals surface area contributed by atoms with E-state index in [1.807, 2.05) is 0 Å². The molecule has 0 aromatic carbocycles. The van der Waals surface area contributed by atoms with Crippen molar-refractivity contribution >= 4 is 10.0 Å². The first-order valence-corrected chi connectivity index (χ1v) is 8.24. The molecular formula is C11H6F17NO2S. The van der Waals surface area contributed by atoms with Crippen LogP contribution in [0.2, 0.25) is 0 Å². The molecule has 3 nitrogen and oxygen atoms in total. The summed E-state index contributed by atoms with van der Waals surface area (Å²) >= 11 is 0. The van der Waals surface area contributed by atoms with Crippen LogP contribution in [0.5, 0.6) is 0 Å². The topological polar surface area (TPSA) is 37.4 Å². The van der Waals surface area contributed by atoms with Gasteiger partial charge in [-0.2, -0.15) is 83.1 Å². The summed E-state index contributed by atoms with van der Waals surface area (Å²) in [6, 6.07) is 0. The highest BCUT2D eigenvalue weighted by atomic mass is 32.2. The van der Waals surface area contributed by atoms with Crippen LogP contribution in [0.4, 0.5) is 74.6 Å². The van der Waals surface area contributed by atoms with Crippen LogP contribution >= 0.6 is 0 Å². The molecule has 0 unspecified atom stereocenters. The molecule has 32 heavy (non-hydrogen) atoms. The van der Waals surface area contributed by atoms with Gasteiger partial charge in [-0.25, -0.2) is 0 Å². The number of nitrogens with zero attached hydrogens (tertiary/aromatic N) is 1. The van der Waals surface area contributed by atoms with Crippen molar-refractivity contribution in [3.05, 3.63) is 12.8 Å². The predicted molar refractivity (Wildman–Crippen MR) is 67.6 cm³/mol. The summed E-state index contributed by atoms with van der Waals surface area (Å²) in [4.78, 5) is 0. The number of alkyl halides is 17. The molecule has 21 heteroatoms. The third kappa shape index (κ3) is 3.44. The highest BCUT2D eigenvalue weighted by Gasteiger charge is 2.96. The Hall–Kier alpha value is -1.70. The first-order chi connectivity index (χ1) is 13.5. The third-order valence-electron chi connectivity index (χ3n) is 3.65. The maximum atomic E-state index is 13.5. The normalized spacial score (nSPS) is 16.2. The maximum Gasteiger partial charge on any atom is 0.460 e. The molecule has 0 amide bonds. The van der Waals surface area contributed by atoms with Gasteiger partial charge in [0, 0.05) is 13.2 Å². The van der Waals surface area contributed by atoms with Crippen LogP contribution in [0.3, 0.4) is 0 Å². The Morgan fingerprint density at radius 3 is 1.06 bits per heavy atom. The van der Waals surface area contributed by atoms with Crippen molar-refractivity contribution in [1.29, 1.82) is 0 Å². The Morgan fingerprint density at radius 2 is 0.812 bits per heavy atom. The van der Waals surface area contributed by atoms with Crippen LogP contribution in [0, 0.1) is 0 Å². The minimum Gasteiger partial charge on any atom is -0.276 e. The molecule has 0 fully saturated rings. The first kappa shape index (κ1) is 30.3. The summed E-state index contributed by atoms with van der Waals surface area (Å²) in [5.41, 5.74) is 0. The minimum atomic E-state index is -8.84. The van der Waals surface area contributed by atoms with Gasteiger partial charge in [0.2, 0.25) is 0 Å². The lowest BCUT2D eigenvalue weighted by atomic mass is 9.91. The summed E-state index contributed by atoms with van der Waals surface area (Å²) in [6.07, 6.45) is -8.21.